The van der Waals surface area contributed by atoms with E-state index in [1.807, 2.05) is 228 Å². The van der Waals surface area contributed by atoms with E-state index in [0.717, 1.165) is 0 Å². The van der Waals surface area contributed by atoms with E-state index in [0.29, 0.717) is 0 Å². The summed E-state index contributed by atoms with van der Waals surface area (Å²) in [7, 11) is 3.62. The third kappa shape index (κ3) is 38.6. The Morgan fingerprint density at radius 3 is 0.474 bits per heavy atom. The first-order valence-electron chi connectivity index (χ1n) is 12.3. The Labute approximate surface area is 257 Å². The minimum atomic E-state index is 1.58. The van der Waals surface area contributed by atoms with Gasteiger partial charge in [-0.25, -0.2) is 0 Å². The number of rotatable bonds is 18. The van der Waals surface area contributed by atoms with E-state index in [1.165, 1.54) is 0 Å². The molecular weight excluding hydrogens is 432 g/mol. The maximum absolute atomic E-state index is 4.70. The molecule has 0 fully saturated rings. The van der Waals surface area contributed by atoms with Crippen LogP contribution in [0.3, 0.4) is 0 Å². The second kappa shape index (κ2) is 39.6. The van der Waals surface area contributed by atoms with Crippen LogP contribution in [-0.4, -0.2) is 248 Å². The molecule has 0 spiro atoms. The third-order valence-corrected chi connectivity index (χ3v) is 4.04. The summed E-state index contributed by atoms with van der Waals surface area (Å²) in [6, 6.07) is 1.58. The summed E-state index contributed by atoms with van der Waals surface area (Å²) in [6.07, 6.45) is 0. The average molecular weight is 433 g/mol. The fourth-order valence-electron chi connectivity index (χ4n) is 2.18. The molecule has 0 aliphatic carbocycles. The van der Waals surface area contributed by atoms with Gasteiger partial charge in [-0.1, -0.05) is 0 Å². The van der Waals surface area contributed by atoms with Crippen LogP contribution in [0.2, 0.25) is 0 Å². The monoisotopic (exact) mass is 440 g/mol. The molecule has 38 heteroatoms. The molecule has 0 rings (SSSR count). The summed E-state index contributed by atoms with van der Waals surface area (Å²) in [5.74, 6) is 0. The van der Waals surface area contributed by atoms with Crippen LogP contribution < -0.4 is 0 Å². The van der Waals surface area contributed by atoms with Gasteiger partial charge in [-0.3, -0.25) is 0 Å². The number of hydrogen-bond donors (Lipinski definition) is 0. The van der Waals surface area contributed by atoms with Gasteiger partial charge in [0, 0.05) is 0 Å². The van der Waals surface area contributed by atoms with Crippen molar-refractivity contribution in [3.8, 4) is 0 Å². The van der Waals surface area contributed by atoms with E-state index in [9.17, 15) is 0 Å². The van der Waals surface area contributed by atoms with Gasteiger partial charge >= 0.3 is 260 Å². The zero-order valence-electron chi connectivity index (χ0n) is 21.9. The van der Waals surface area contributed by atoms with Crippen LogP contribution in [0.25, 0.3) is 0 Å². The zero-order valence-corrected chi connectivity index (χ0v) is 22.7. The molecule has 0 nitrogen and oxygen atoms in total. The van der Waals surface area contributed by atoms with E-state index in [1.54, 1.807) is 12.7 Å². The molecule has 0 radical (unpaired) electrons. The molecule has 0 unspecified atom stereocenters. The quantitative estimate of drug-likeness (QED) is 0.194. The van der Waals surface area contributed by atoms with E-state index in [4.69, 9.17) is 12.1 Å². The van der Waals surface area contributed by atoms with Crippen LogP contribution >= 0.6 is 12.1 Å². The van der Waals surface area contributed by atoms with Gasteiger partial charge in [0.1, 0.15) is 0 Å². The summed E-state index contributed by atoms with van der Waals surface area (Å²) in [4.78, 5) is 0. The summed E-state index contributed by atoms with van der Waals surface area (Å²) in [5.41, 5.74) is 0. The van der Waals surface area contributed by atoms with Crippen molar-refractivity contribution in [2.45, 2.75) is 0 Å². The first-order chi connectivity index (χ1) is 18.9. The molecule has 38 heavy (non-hydrogen) atoms. The van der Waals surface area contributed by atoms with Crippen molar-refractivity contribution >= 4 is 260 Å². The van der Waals surface area contributed by atoms with E-state index >= 15 is 0 Å². The maximum atomic E-state index is 4.70. The molecule has 0 heterocycles. The first-order valence-corrected chi connectivity index (χ1v) is 12.8. The van der Waals surface area contributed by atoms with Crippen LogP contribution in [0, 0.1) is 0 Å². The molecule has 0 saturated heterocycles. The summed E-state index contributed by atoms with van der Waals surface area (Å²) < 4.78 is 0. The van der Waals surface area contributed by atoms with Crippen LogP contribution in [0.4, 0.5) is 0 Å². The van der Waals surface area contributed by atoms with Gasteiger partial charge in [0.2, 0.25) is 0 Å². The van der Waals surface area contributed by atoms with Gasteiger partial charge in [0.15, 0.2) is 0 Å². The molecular formula is HB37S. The molecule has 0 aliphatic rings. The Hall–Kier alpha value is 2.62. The third-order valence-electron chi connectivity index (χ3n) is 3.88. The van der Waals surface area contributed by atoms with Gasteiger partial charge < -0.3 is 0 Å². The molecule has 0 aromatic rings. The summed E-state index contributed by atoms with van der Waals surface area (Å²) >= 11 is 4.70. The van der Waals surface area contributed by atoms with Crippen molar-refractivity contribution in [1.29, 1.82) is 0 Å². The van der Waals surface area contributed by atoms with Crippen LogP contribution in [0.1, 0.15) is 0 Å². The van der Waals surface area contributed by atoms with Crippen molar-refractivity contribution in [3.63, 3.8) is 0 Å². The van der Waals surface area contributed by atoms with Gasteiger partial charge in [0.05, 0.1) is 0 Å². The van der Waals surface area contributed by atoms with E-state index in [2.05, 4.69) is 7.37 Å². The molecule has 0 amide bonds. The molecule has 0 saturated carbocycles. The number of hydrogen-bond acceptors (Lipinski definition) is 1. The Kier molecular flexibility index (Phi) is 42.4. The Morgan fingerprint density at radius 1 is 0.211 bits per heavy atom. The molecule has 0 aliphatic heterocycles. The van der Waals surface area contributed by atoms with Crippen molar-refractivity contribution in [1.82, 2.24) is 0 Å². The SMILES string of the molecule is B=B\B=B/B=B\B=B/B=B\B=B/B=B\B=B/B=B\B=B/B=B\B=B/B=B\B=B/B=B\B=B/B=B\B=B/B=S. The standard InChI is InChI=1S/B37HS/c1-2-3-4-5-6-7-8-9-10-11-12-13-14-15-16-17-18-19-20-21-22-23-24-25-26-27-28-29-30-31-32-33-34-35-36-37-38/h1H. The first kappa shape index (κ1) is 40.6. The Balaban J connectivity index is 4.01. The second-order valence-corrected chi connectivity index (χ2v) is 7.19. The average Bonchev–Trinajstić information content (AvgIpc) is 2.93. The Bertz CT molecular complexity index is 1030. The van der Waals surface area contributed by atoms with Crippen molar-refractivity contribution in [3.05, 3.63) is 0 Å². The predicted molar refractivity (Wildman–Crippen MR) is 222 cm³/mol. The molecule has 0 aromatic carbocycles. The van der Waals surface area contributed by atoms with Crippen LogP contribution in [0.5, 0.6) is 0 Å². The van der Waals surface area contributed by atoms with Gasteiger partial charge in [-0.2, -0.15) is 0 Å². The minimum absolute atomic E-state index is 1.58. The zero-order chi connectivity index (χ0) is 27.5. The fraction of sp³-hybridized carbons (Fsp3) is 0. The van der Waals surface area contributed by atoms with Crippen LogP contribution in [0.15, 0.2) is 0 Å². The van der Waals surface area contributed by atoms with Crippen LogP contribution in [-0.2, 0) is 0 Å². The van der Waals surface area contributed by atoms with Crippen molar-refractivity contribution in [2.75, 3.05) is 0 Å². The molecule has 0 aromatic heterocycles. The molecule has 0 N–H and O–H groups in total. The van der Waals surface area contributed by atoms with Gasteiger partial charge in [-0.05, 0) is 0 Å². The Morgan fingerprint density at radius 2 is 0.342 bits per heavy atom. The van der Waals surface area contributed by atoms with Crippen molar-refractivity contribution in [2.24, 2.45) is 0 Å². The normalized spacial score (nSPS) is 7.45. The fourth-order valence-corrected chi connectivity index (χ4v) is 2.27. The van der Waals surface area contributed by atoms with Crippen molar-refractivity contribution < 1.29 is 0 Å². The van der Waals surface area contributed by atoms with E-state index in [-0.39, 0.29) is 0 Å². The predicted octanol–water partition coefficient (Wildman–Crippen LogP) is -13.7. The van der Waals surface area contributed by atoms with Gasteiger partial charge in [0.25, 0.3) is 0 Å². The molecule has 0 atom stereocenters. The second-order valence-electron chi connectivity index (χ2n) is 6.92. The summed E-state index contributed by atoms with van der Waals surface area (Å²) in [5, 5.41) is 0. The van der Waals surface area contributed by atoms with E-state index < -0.39 is 0 Å². The topological polar surface area (TPSA) is 0 Å². The molecule has 0 bridgehead atoms. The molecule has 118 valence electrons. The summed E-state index contributed by atoms with van der Waals surface area (Å²) in [6.45, 7) is 68.8. The van der Waals surface area contributed by atoms with Gasteiger partial charge in [-0.15, -0.1) is 0 Å².